The third-order valence-electron chi connectivity index (χ3n) is 4.60. The quantitative estimate of drug-likeness (QED) is 0.240. The van der Waals surface area contributed by atoms with E-state index in [9.17, 15) is 24.5 Å². The lowest BCUT2D eigenvalue weighted by atomic mass is 10.0. The summed E-state index contributed by atoms with van der Waals surface area (Å²) < 4.78 is 5.40. The van der Waals surface area contributed by atoms with Crippen LogP contribution in [0.3, 0.4) is 0 Å². The Morgan fingerprint density at radius 3 is 2.55 bits per heavy atom. The van der Waals surface area contributed by atoms with Gasteiger partial charge in [0.15, 0.2) is 0 Å². The minimum atomic E-state index is -0.898. The number of hydrogen-bond acceptors (Lipinski definition) is 6. The molecule has 0 aromatic heterocycles. The van der Waals surface area contributed by atoms with Crippen LogP contribution in [0.25, 0.3) is 0 Å². The molecule has 0 unspecified atom stereocenters. The molecule has 0 saturated heterocycles. The van der Waals surface area contributed by atoms with Crippen LogP contribution in [-0.4, -0.2) is 34.2 Å². The van der Waals surface area contributed by atoms with Crippen molar-refractivity contribution in [3.8, 4) is 5.75 Å². The van der Waals surface area contributed by atoms with E-state index >= 15 is 0 Å². The zero-order chi connectivity index (χ0) is 21.5. The highest BCUT2D eigenvalue weighted by Gasteiger charge is 2.42. The number of carbonyl (C=O) groups is 3. The number of nitro benzene ring substituents is 1. The molecule has 9 heteroatoms. The Kier molecular flexibility index (Phi) is 5.39. The predicted octanol–water partition coefficient (Wildman–Crippen LogP) is 3.88. The van der Waals surface area contributed by atoms with E-state index < -0.39 is 34.9 Å². The lowest BCUT2D eigenvalue weighted by Crippen LogP contribution is -2.36. The first-order chi connectivity index (χ1) is 13.6. The van der Waals surface area contributed by atoms with E-state index in [1.165, 1.54) is 12.1 Å². The molecule has 150 valence electrons. The number of nitrogens with zero attached hydrogens (tertiary/aromatic N) is 2. The van der Waals surface area contributed by atoms with E-state index in [1.807, 2.05) is 13.8 Å². The molecule has 3 rings (SSSR count). The Morgan fingerprint density at radius 2 is 1.93 bits per heavy atom. The van der Waals surface area contributed by atoms with E-state index in [4.69, 9.17) is 16.3 Å². The van der Waals surface area contributed by atoms with Crippen LogP contribution < -0.4 is 4.74 Å². The van der Waals surface area contributed by atoms with Crippen LogP contribution in [0.4, 0.5) is 5.69 Å². The van der Waals surface area contributed by atoms with Gasteiger partial charge in [-0.05, 0) is 42.2 Å². The highest BCUT2D eigenvalue weighted by molar-refractivity contribution is 6.31. The van der Waals surface area contributed by atoms with E-state index in [0.717, 1.165) is 6.07 Å². The molecule has 0 fully saturated rings. The molecule has 2 aromatic carbocycles. The largest absolute Gasteiger partial charge is 0.425 e. The van der Waals surface area contributed by atoms with Crippen molar-refractivity contribution in [2.75, 3.05) is 6.54 Å². The maximum atomic E-state index is 12.6. The monoisotopic (exact) mass is 416 g/mol. The third-order valence-corrected chi connectivity index (χ3v) is 5.01. The van der Waals surface area contributed by atoms with Gasteiger partial charge in [0.05, 0.1) is 10.5 Å². The van der Waals surface area contributed by atoms with E-state index in [1.54, 1.807) is 19.1 Å². The Hall–Kier alpha value is -3.26. The Labute approximate surface area is 171 Å². The van der Waals surface area contributed by atoms with Crippen LogP contribution >= 0.6 is 11.6 Å². The predicted molar refractivity (Wildman–Crippen MR) is 104 cm³/mol. The zero-order valence-electron chi connectivity index (χ0n) is 15.9. The second kappa shape index (κ2) is 7.63. The van der Waals surface area contributed by atoms with Gasteiger partial charge in [0.1, 0.15) is 17.9 Å². The Morgan fingerprint density at radius 1 is 1.24 bits per heavy atom. The van der Waals surface area contributed by atoms with Gasteiger partial charge in [-0.25, -0.2) is 4.79 Å². The molecule has 0 radical (unpaired) electrons. The van der Waals surface area contributed by atoms with Gasteiger partial charge >= 0.3 is 5.97 Å². The lowest BCUT2D eigenvalue weighted by molar-refractivity contribution is -0.385. The second-order valence-corrected chi connectivity index (χ2v) is 7.33. The number of benzene rings is 2. The standard InChI is InChI=1S/C20H17ClN2O6/c1-10(2)13-8-14(21)11(3)7-16(13)29-17(24)9-22-19(25)12-5-4-6-15(23(27)28)18(12)20(22)26/h4-8,10H,9H2,1-3H3. The van der Waals surface area contributed by atoms with Crippen LogP contribution in [0.15, 0.2) is 30.3 Å². The molecule has 2 amide bonds. The number of halogens is 1. The van der Waals surface area contributed by atoms with Crippen LogP contribution in [-0.2, 0) is 4.79 Å². The smallest absolute Gasteiger partial charge is 0.331 e. The van der Waals surface area contributed by atoms with Crippen molar-refractivity contribution < 1.29 is 24.0 Å². The van der Waals surface area contributed by atoms with Gasteiger partial charge in [-0.1, -0.05) is 31.5 Å². The molecule has 0 N–H and O–H groups in total. The average Bonchev–Trinajstić information content (AvgIpc) is 2.89. The van der Waals surface area contributed by atoms with Crippen molar-refractivity contribution >= 4 is 35.1 Å². The maximum absolute atomic E-state index is 12.6. The number of rotatable bonds is 5. The van der Waals surface area contributed by atoms with E-state index in [2.05, 4.69) is 0 Å². The van der Waals surface area contributed by atoms with Crippen molar-refractivity contribution in [3.63, 3.8) is 0 Å². The number of imide groups is 1. The minimum Gasteiger partial charge on any atom is -0.425 e. The fourth-order valence-corrected chi connectivity index (χ4v) is 3.28. The van der Waals surface area contributed by atoms with Crippen LogP contribution in [0.1, 0.15) is 51.6 Å². The highest BCUT2D eigenvalue weighted by Crippen LogP contribution is 2.33. The molecule has 1 aliphatic rings. The maximum Gasteiger partial charge on any atom is 0.331 e. The molecule has 8 nitrogen and oxygen atoms in total. The first-order valence-corrected chi connectivity index (χ1v) is 9.14. The molecule has 1 aliphatic heterocycles. The number of hydrogen-bond donors (Lipinski definition) is 0. The number of amides is 2. The normalized spacial score (nSPS) is 13.1. The minimum absolute atomic E-state index is 0.0119. The van der Waals surface area contributed by atoms with Gasteiger partial charge in [0.2, 0.25) is 0 Å². The Balaban J connectivity index is 1.85. The zero-order valence-corrected chi connectivity index (χ0v) is 16.6. The Bertz CT molecular complexity index is 1060. The molecule has 0 saturated carbocycles. The summed E-state index contributed by atoms with van der Waals surface area (Å²) in [6.45, 7) is 4.90. The summed E-state index contributed by atoms with van der Waals surface area (Å²) in [4.78, 5) is 48.6. The first-order valence-electron chi connectivity index (χ1n) is 8.76. The van der Waals surface area contributed by atoms with Crippen LogP contribution in [0.5, 0.6) is 5.75 Å². The fourth-order valence-electron chi connectivity index (χ4n) is 3.11. The van der Waals surface area contributed by atoms with E-state index in [-0.39, 0.29) is 22.8 Å². The number of carbonyl (C=O) groups excluding carboxylic acids is 3. The molecule has 0 atom stereocenters. The number of ether oxygens (including phenoxy) is 1. The van der Waals surface area contributed by atoms with Crippen LogP contribution in [0.2, 0.25) is 5.02 Å². The number of nitro groups is 1. The number of aryl methyl sites for hydroxylation is 1. The molecule has 29 heavy (non-hydrogen) atoms. The van der Waals surface area contributed by atoms with Gasteiger partial charge in [-0.2, -0.15) is 0 Å². The topological polar surface area (TPSA) is 107 Å². The van der Waals surface area contributed by atoms with Crippen molar-refractivity contribution in [3.05, 3.63) is 67.7 Å². The molecule has 0 aliphatic carbocycles. The third kappa shape index (κ3) is 3.71. The average molecular weight is 417 g/mol. The van der Waals surface area contributed by atoms with Crippen molar-refractivity contribution in [2.24, 2.45) is 0 Å². The van der Waals surface area contributed by atoms with Crippen LogP contribution in [0, 0.1) is 17.0 Å². The SMILES string of the molecule is Cc1cc(OC(=O)CN2C(=O)c3cccc([N+](=O)[O-])c3C2=O)c(C(C)C)cc1Cl. The van der Waals surface area contributed by atoms with Gasteiger partial charge in [-0.15, -0.1) is 0 Å². The number of fused-ring (bicyclic) bond motifs is 1. The summed E-state index contributed by atoms with van der Waals surface area (Å²) in [7, 11) is 0. The summed E-state index contributed by atoms with van der Waals surface area (Å²) in [6.07, 6.45) is 0. The molecule has 2 aromatic rings. The summed E-state index contributed by atoms with van der Waals surface area (Å²) in [5.74, 6) is -2.22. The van der Waals surface area contributed by atoms with E-state index in [0.29, 0.717) is 21.0 Å². The first kappa shape index (κ1) is 20.5. The molecular weight excluding hydrogens is 400 g/mol. The summed E-state index contributed by atoms with van der Waals surface area (Å²) in [5, 5.41) is 11.7. The summed E-state index contributed by atoms with van der Waals surface area (Å²) >= 11 is 6.14. The number of esters is 1. The van der Waals surface area contributed by atoms with Crippen molar-refractivity contribution in [2.45, 2.75) is 26.7 Å². The molecule has 0 bridgehead atoms. The van der Waals surface area contributed by atoms with Gasteiger partial charge in [0, 0.05) is 11.1 Å². The fraction of sp³-hybridized carbons (Fsp3) is 0.250. The molecular formula is C20H17ClN2O6. The summed E-state index contributed by atoms with van der Waals surface area (Å²) in [6, 6.07) is 7.08. The van der Waals surface area contributed by atoms with Gasteiger partial charge in [-0.3, -0.25) is 24.6 Å². The lowest BCUT2D eigenvalue weighted by Gasteiger charge is -2.17. The highest BCUT2D eigenvalue weighted by atomic mass is 35.5. The molecule has 0 spiro atoms. The second-order valence-electron chi connectivity index (χ2n) is 6.92. The summed E-state index contributed by atoms with van der Waals surface area (Å²) in [5.41, 5.74) is 0.497. The molecule has 1 heterocycles. The van der Waals surface area contributed by atoms with Crippen molar-refractivity contribution in [1.29, 1.82) is 0 Å². The van der Waals surface area contributed by atoms with Gasteiger partial charge in [0.25, 0.3) is 17.5 Å². The van der Waals surface area contributed by atoms with Crippen molar-refractivity contribution in [1.82, 2.24) is 4.90 Å². The van der Waals surface area contributed by atoms with Gasteiger partial charge < -0.3 is 4.74 Å².